The van der Waals surface area contributed by atoms with Crippen LogP contribution in [0.3, 0.4) is 0 Å². The summed E-state index contributed by atoms with van der Waals surface area (Å²) in [6.45, 7) is 2.26. The number of nitrogens with zero attached hydrogens (tertiary/aromatic N) is 3. The van der Waals surface area contributed by atoms with Gasteiger partial charge in [-0.1, -0.05) is 30.3 Å². The molecule has 1 N–H and O–H groups in total. The van der Waals surface area contributed by atoms with Crippen molar-refractivity contribution in [2.45, 2.75) is 45.2 Å². The van der Waals surface area contributed by atoms with Gasteiger partial charge in [-0.15, -0.1) is 11.3 Å². The fourth-order valence-electron chi connectivity index (χ4n) is 4.29. The molecule has 0 fully saturated rings. The molecule has 0 radical (unpaired) electrons. The number of aromatic nitrogens is 3. The molecule has 152 valence electrons. The average molecular weight is 417 g/mol. The highest BCUT2D eigenvalue weighted by Gasteiger charge is 2.18. The summed E-state index contributed by atoms with van der Waals surface area (Å²) in [6, 6.07) is 14.5. The van der Waals surface area contributed by atoms with Crippen LogP contribution in [0.5, 0.6) is 0 Å². The third-order valence-electron chi connectivity index (χ3n) is 5.87. The number of hydrogen-bond acceptors (Lipinski definition) is 4. The molecule has 2 heterocycles. The molecule has 1 aliphatic rings. The van der Waals surface area contributed by atoms with Gasteiger partial charge in [-0.05, 0) is 61.4 Å². The van der Waals surface area contributed by atoms with Crippen molar-refractivity contribution in [1.29, 1.82) is 0 Å². The highest BCUT2D eigenvalue weighted by atomic mass is 32.1. The smallest absolute Gasteiger partial charge is 0.240 e. The summed E-state index contributed by atoms with van der Waals surface area (Å²) in [4.78, 5) is 22.1. The Bertz CT molecular complexity index is 1200. The molecule has 2 aromatic heterocycles. The van der Waals surface area contributed by atoms with Gasteiger partial charge in [0.2, 0.25) is 5.91 Å². The number of imidazole rings is 1. The predicted molar refractivity (Wildman–Crippen MR) is 120 cm³/mol. The Labute approximate surface area is 179 Å². The highest BCUT2D eigenvalue weighted by molar-refractivity contribution is 7.07. The number of nitrogens with one attached hydrogen (secondary N) is 1. The van der Waals surface area contributed by atoms with Crippen LogP contribution >= 0.6 is 11.3 Å². The van der Waals surface area contributed by atoms with Gasteiger partial charge in [-0.2, -0.15) is 0 Å². The zero-order valence-electron chi connectivity index (χ0n) is 17.0. The maximum absolute atomic E-state index is 13.0. The molecule has 6 heteroatoms. The van der Waals surface area contributed by atoms with E-state index < -0.39 is 0 Å². The van der Waals surface area contributed by atoms with E-state index >= 15 is 0 Å². The van der Waals surface area contributed by atoms with Crippen LogP contribution in [0.4, 0.5) is 0 Å². The minimum absolute atomic E-state index is 0.0279. The number of aryl methyl sites for hydroxylation is 2. The van der Waals surface area contributed by atoms with E-state index in [2.05, 4.69) is 35.4 Å². The summed E-state index contributed by atoms with van der Waals surface area (Å²) >= 11 is 1.53. The maximum Gasteiger partial charge on any atom is 0.240 e. The third kappa shape index (κ3) is 3.63. The molecular formula is C24H24N4OS. The van der Waals surface area contributed by atoms with Gasteiger partial charge in [0.15, 0.2) is 5.82 Å². The topological polar surface area (TPSA) is 59.8 Å². The van der Waals surface area contributed by atoms with Crippen LogP contribution in [-0.2, 0) is 24.2 Å². The van der Waals surface area contributed by atoms with Crippen molar-refractivity contribution < 1.29 is 4.79 Å². The van der Waals surface area contributed by atoms with Crippen molar-refractivity contribution in [2.24, 2.45) is 0 Å². The molecule has 1 unspecified atom stereocenters. The lowest BCUT2D eigenvalue weighted by Crippen LogP contribution is -2.30. The number of para-hydroxylation sites is 2. The number of carbonyl (C=O) groups is 1. The summed E-state index contributed by atoms with van der Waals surface area (Å²) in [7, 11) is 0. The Morgan fingerprint density at radius 3 is 2.83 bits per heavy atom. The number of hydrogen-bond donors (Lipinski definition) is 1. The second-order valence-corrected chi connectivity index (χ2v) is 8.63. The molecule has 2 aromatic carbocycles. The fraction of sp³-hybridized carbons (Fsp3) is 0.292. The third-order valence-corrected chi connectivity index (χ3v) is 6.45. The molecule has 0 bridgehead atoms. The second-order valence-electron chi connectivity index (χ2n) is 7.91. The first-order valence-electron chi connectivity index (χ1n) is 10.4. The number of benzene rings is 2. The van der Waals surface area contributed by atoms with E-state index in [1.165, 1.54) is 47.3 Å². The van der Waals surface area contributed by atoms with Crippen molar-refractivity contribution in [2.75, 3.05) is 0 Å². The van der Waals surface area contributed by atoms with Crippen molar-refractivity contribution >= 4 is 28.3 Å². The lowest BCUT2D eigenvalue weighted by molar-refractivity contribution is -0.122. The van der Waals surface area contributed by atoms with E-state index in [0.29, 0.717) is 0 Å². The van der Waals surface area contributed by atoms with Gasteiger partial charge in [0.25, 0.3) is 0 Å². The molecule has 1 amide bonds. The van der Waals surface area contributed by atoms with Crippen molar-refractivity contribution in [3.63, 3.8) is 0 Å². The van der Waals surface area contributed by atoms with Crippen LogP contribution in [0.2, 0.25) is 0 Å². The summed E-state index contributed by atoms with van der Waals surface area (Å²) in [5.41, 5.74) is 8.46. The summed E-state index contributed by atoms with van der Waals surface area (Å²) in [5, 5.41) is 5.14. The molecular weight excluding hydrogens is 392 g/mol. The minimum atomic E-state index is -0.0396. The van der Waals surface area contributed by atoms with Crippen LogP contribution in [-0.4, -0.2) is 20.4 Å². The van der Waals surface area contributed by atoms with Gasteiger partial charge in [0, 0.05) is 5.38 Å². The number of fused-ring (bicyclic) bond motifs is 2. The largest absolute Gasteiger partial charge is 0.348 e. The SMILES string of the molecule is CC(NC(=O)Cn1c(-c2cscn2)nc2ccccc21)c1ccc2c(c1)CCCC2. The summed E-state index contributed by atoms with van der Waals surface area (Å²) in [5.74, 6) is 0.703. The van der Waals surface area contributed by atoms with Gasteiger partial charge in [0.1, 0.15) is 12.2 Å². The monoisotopic (exact) mass is 416 g/mol. The van der Waals surface area contributed by atoms with Gasteiger partial charge in [0.05, 0.1) is 22.6 Å². The normalized spacial score (nSPS) is 14.4. The van der Waals surface area contributed by atoms with Crippen molar-refractivity contribution in [1.82, 2.24) is 19.9 Å². The first kappa shape index (κ1) is 19.0. The molecule has 0 saturated heterocycles. The summed E-state index contributed by atoms with van der Waals surface area (Å²) < 4.78 is 1.96. The minimum Gasteiger partial charge on any atom is -0.348 e. The zero-order valence-corrected chi connectivity index (χ0v) is 17.8. The first-order chi connectivity index (χ1) is 14.7. The molecule has 5 nitrogen and oxygen atoms in total. The lowest BCUT2D eigenvalue weighted by Gasteiger charge is -2.20. The van der Waals surface area contributed by atoms with Gasteiger partial charge in [-0.3, -0.25) is 4.79 Å². The fourth-order valence-corrected chi connectivity index (χ4v) is 4.82. The number of rotatable bonds is 5. The maximum atomic E-state index is 13.0. The first-order valence-corrected chi connectivity index (χ1v) is 11.4. The lowest BCUT2D eigenvalue weighted by atomic mass is 9.89. The molecule has 1 atom stereocenters. The summed E-state index contributed by atoms with van der Waals surface area (Å²) in [6.07, 6.45) is 4.84. The van der Waals surface area contributed by atoms with E-state index in [-0.39, 0.29) is 18.5 Å². The quantitative estimate of drug-likeness (QED) is 0.503. The molecule has 1 aliphatic carbocycles. The van der Waals surface area contributed by atoms with Crippen LogP contribution in [0, 0.1) is 0 Å². The van der Waals surface area contributed by atoms with E-state index in [4.69, 9.17) is 4.98 Å². The van der Waals surface area contributed by atoms with E-state index in [9.17, 15) is 4.79 Å². The molecule has 5 rings (SSSR count). The number of amides is 1. The zero-order chi connectivity index (χ0) is 20.5. The van der Waals surface area contributed by atoms with Gasteiger partial charge >= 0.3 is 0 Å². The molecule has 0 aliphatic heterocycles. The number of thiazole rings is 1. The Kier molecular flexibility index (Phi) is 5.09. The van der Waals surface area contributed by atoms with E-state index in [1.54, 1.807) is 5.51 Å². The van der Waals surface area contributed by atoms with Crippen molar-refractivity contribution in [3.05, 3.63) is 70.0 Å². The van der Waals surface area contributed by atoms with Gasteiger partial charge in [-0.25, -0.2) is 9.97 Å². The van der Waals surface area contributed by atoms with Gasteiger partial charge < -0.3 is 9.88 Å². The molecule has 30 heavy (non-hydrogen) atoms. The standard InChI is InChI=1S/C24H24N4OS/c1-16(18-11-10-17-6-2-3-7-19(17)12-18)26-23(29)13-28-22-9-5-4-8-20(22)27-24(28)21-14-30-15-25-21/h4-5,8-12,14-16H,2-3,6-7,13H2,1H3,(H,26,29). The van der Waals surface area contributed by atoms with Crippen LogP contribution < -0.4 is 5.32 Å². The second kappa shape index (κ2) is 8.03. The Morgan fingerprint density at radius 2 is 2.00 bits per heavy atom. The van der Waals surface area contributed by atoms with Crippen LogP contribution in [0.25, 0.3) is 22.6 Å². The predicted octanol–water partition coefficient (Wildman–Crippen LogP) is 4.92. The highest BCUT2D eigenvalue weighted by Crippen LogP contribution is 2.26. The van der Waals surface area contributed by atoms with Crippen LogP contribution in [0.1, 0.15) is 42.5 Å². The Hall–Kier alpha value is -2.99. The van der Waals surface area contributed by atoms with Crippen LogP contribution in [0.15, 0.2) is 53.4 Å². The Morgan fingerprint density at radius 1 is 1.17 bits per heavy atom. The molecule has 0 spiro atoms. The molecule has 0 saturated carbocycles. The molecule has 4 aromatic rings. The number of carbonyl (C=O) groups excluding carboxylic acids is 1. The average Bonchev–Trinajstić information content (AvgIpc) is 3.42. The van der Waals surface area contributed by atoms with E-state index in [1.807, 2.05) is 34.2 Å². The Balaban J connectivity index is 1.38. The van der Waals surface area contributed by atoms with E-state index in [0.717, 1.165) is 29.0 Å². The van der Waals surface area contributed by atoms with Crippen molar-refractivity contribution in [3.8, 4) is 11.5 Å².